The van der Waals surface area contributed by atoms with Crippen LogP contribution >= 0.6 is 70.5 Å². The smallest absolute Gasteiger partial charge is 0.369 e. The van der Waals surface area contributed by atoms with Gasteiger partial charge in [0.15, 0.2) is 0 Å². The molecule has 290 valence electrons. The Kier molecular flexibility index (Phi) is 20.6. The number of hydrogen-bond donors (Lipinski definition) is 3. The van der Waals surface area contributed by atoms with Gasteiger partial charge in [-0.1, -0.05) is 39.8 Å². The average Bonchev–Trinajstić information content (AvgIpc) is 3.61. The van der Waals surface area contributed by atoms with Gasteiger partial charge in [0.2, 0.25) is 11.9 Å². The number of aliphatic imine (C=N–C) groups is 2. The van der Waals surface area contributed by atoms with E-state index in [0.29, 0.717) is 31.9 Å². The van der Waals surface area contributed by atoms with Crippen molar-refractivity contribution < 1.29 is 26.7 Å². The topological polar surface area (TPSA) is 178 Å². The van der Waals surface area contributed by atoms with Crippen LogP contribution in [0.25, 0.3) is 0 Å². The minimum atomic E-state index is -3.84. The number of nitrogens with zero attached hydrogens (tertiary/aromatic N) is 6. The molecule has 22 heteroatoms. The molecule has 2 heterocycles. The normalized spacial score (nSPS) is 16.1. The molecule has 2 aromatic rings. The van der Waals surface area contributed by atoms with Crippen LogP contribution < -0.4 is 14.2 Å². The van der Waals surface area contributed by atoms with Crippen LogP contribution in [-0.4, -0.2) is 98.1 Å². The summed E-state index contributed by atoms with van der Waals surface area (Å²) in [6.07, 6.45) is 3.55. The highest BCUT2D eigenvalue weighted by Crippen LogP contribution is 2.23. The van der Waals surface area contributed by atoms with Crippen molar-refractivity contribution >= 4 is 118 Å². The summed E-state index contributed by atoms with van der Waals surface area (Å²) in [5.74, 6) is 0.754. The number of halogens is 5. The summed E-state index contributed by atoms with van der Waals surface area (Å²) in [7, 11) is -6.11. The summed E-state index contributed by atoms with van der Waals surface area (Å²) in [4.78, 5) is 8.50. The van der Waals surface area contributed by atoms with E-state index in [4.69, 9.17) is 27.9 Å². The van der Waals surface area contributed by atoms with Crippen molar-refractivity contribution in [3.8, 4) is 11.5 Å². The summed E-state index contributed by atoms with van der Waals surface area (Å²) in [5.41, 5.74) is -0.277. The van der Waals surface area contributed by atoms with E-state index in [0.717, 1.165) is 0 Å². The fraction of sp³-hybridized carbons (Fsp3) is 0.467. The molecule has 0 unspecified atom stereocenters. The highest BCUT2D eigenvalue weighted by atomic mass is 79.9. The summed E-state index contributed by atoms with van der Waals surface area (Å²) >= 11 is 18.8. The number of benzene rings is 2. The Hall–Kier alpha value is -2.10. The van der Waals surface area contributed by atoms with Crippen LogP contribution in [0, 0.1) is 10.8 Å². The van der Waals surface area contributed by atoms with Gasteiger partial charge in [0.25, 0.3) is 20.0 Å². The van der Waals surface area contributed by atoms with Crippen molar-refractivity contribution in [3.63, 3.8) is 0 Å². The van der Waals surface area contributed by atoms with E-state index >= 15 is 0 Å². The SMILES string of the molecule is BrB(Br)Br.CCN=C(NS(=O)(=O)c1cccc(O)c1)N1CC(C)(C)C=N1.CCN=C(NS(=O)(=O)c1cccc(OC)c1)N1CC(C)(C)C=N1.ClCCl. The predicted molar refractivity (Wildman–Crippen MR) is 225 cm³/mol. The zero-order chi connectivity index (χ0) is 39.8. The Morgan fingerprint density at radius 1 is 0.846 bits per heavy atom. The van der Waals surface area contributed by atoms with Gasteiger partial charge >= 0.3 is 3.18 Å². The van der Waals surface area contributed by atoms with Crippen LogP contribution in [0.15, 0.2) is 78.5 Å². The number of hydrazone groups is 2. The molecule has 0 fully saturated rings. The van der Waals surface area contributed by atoms with Crippen molar-refractivity contribution in [1.82, 2.24) is 19.5 Å². The van der Waals surface area contributed by atoms with Gasteiger partial charge in [-0.25, -0.2) is 36.3 Å². The number of hydrogen-bond acceptors (Lipinski definition) is 10. The first-order valence-corrected chi connectivity index (χ1v) is 22.2. The van der Waals surface area contributed by atoms with Gasteiger partial charge in [-0.05, 0) is 38.1 Å². The highest BCUT2D eigenvalue weighted by Gasteiger charge is 2.31. The monoisotopic (exact) mass is 994 g/mol. The molecule has 52 heavy (non-hydrogen) atoms. The molecule has 2 aliphatic rings. The average molecular weight is 998 g/mol. The fourth-order valence-corrected chi connectivity index (χ4v) is 6.18. The third-order valence-corrected chi connectivity index (χ3v) is 8.89. The first kappa shape index (κ1) is 47.9. The van der Waals surface area contributed by atoms with E-state index in [2.05, 4.69) is 76.9 Å². The van der Waals surface area contributed by atoms with Gasteiger partial charge in [0.05, 0.1) is 35.3 Å². The number of ether oxygens (including phenoxy) is 1. The first-order chi connectivity index (χ1) is 24.2. The Labute approximate surface area is 342 Å². The van der Waals surface area contributed by atoms with Crippen LogP contribution in [0.1, 0.15) is 41.5 Å². The van der Waals surface area contributed by atoms with E-state index in [1.165, 1.54) is 48.5 Å². The maximum Gasteiger partial charge on any atom is 0.369 e. The molecule has 2 aromatic carbocycles. The molecule has 2 aliphatic heterocycles. The molecule has 0 saturated heterocycles. The lowest BCUT2D eigenvalue weighted by Gasteiger charge is -2.21. The first-order valence-electron chi connectivity index (χ1n) is 15.4. The lowest BCUT2D eigenvalue weighted by atomic mass is 9.97. The van der Waals surface area contributed by atoms with Crippen LogP contribution in [0.3, 0.4) is 0 Å². The molecule has 0 radical (unpaired) electrons. The number of alkyl halides is 2. The molecule has 3 N–H and O–H groups in total. The van der Waals surface area contributed by atoms with E-state index < -0.39 is 20.0 Å². The van der Waals surface area contributed by atoms with Crippen molar-refractivity contribution in [2.75, 3.05) is 38.6 Å². The van der Waals surface area contributed by atoms with Gasteiger partial charge in [-0.15, -0.1) is 70.5 Å². The summed E-state index contributed by atoms with van der Waals surface area (Å²) in [6, 6.07) is 11.8. The number of phenols is 1. The zero-order valence-corrected chi connectivity index (χ0v) is 37.7. The summed E-state index contributed by atoms with van der Waals surface area (Å²) < 4.78 is 60.3. The molecule has 0 aromatic heterocycles. The maximum atomic E-state index is 12.6. The zero-order valence-electron chi connectivity index (χ0n) is 29.8. The second-order valence-electron chi connectivity index (χ2n) is 11.9. The largest absolute Gasteiger partial charge is 0.508 e. The minimum Gasteiger partial charge on any atom is -0.508 e. The van der Waals surface area contributed by atoms with Gasteiger partial charge in [0, 0.05) is 48.5 Å². The third-order valence-electron chi connectivity index (χ3n) is 6.24. The van der Waals surface area contributed by atoms with Crippen LogP contribution in [-0.2, 0) is 20.0 Å². The number of aromatic hydroxyl groups is 1. The molecule has 14 nitrogen and oxygen atoms in total. The fourth-order valence-electron chi connectivity index (χ4n) is 4.06. The van der Waals surface area contributed by atoms with Gasteiger partial charge < -0.3 is 9.84 Å². The van der Waals surface area contributed by atoms with Gasteiger partial charge in [-0.2, -0.15) is 10.2 Å². The van der Waals surface area contributed by atoms with E-state index in [1.807, 2.05) is 41.5 Å². The van der Waals surface area contributed by atoms with Crippen molar-refractivity contribution in [1.29, 1.82) is 0 Å². The number of guanidine groups is 2. The molecule has 0 aliphatic carbocycles. The third kappa shape index (κ3) is 17.4. The summed E-state index contributed by atoms with van der Waals surface area (Å²) in [5, 5.41) is 21.2. The Morgan fingerprint density at radius 2 is 1.23 bits per heavy atom. The summed E-state index contributed by atoms with van der Waals surface area (Å²) in [6.45, 7) is 13.7. The van der Waals surface area contributed by atoms with Crippen molar-refractivity contribution in [2.45, 2.75) is 51.3 Å². The number of phenolic OH excluding ortho intramolecular Hbond substituents is 1. The molecular formula is C30H44BBr3Cl2N8O6S2. The lowest BCUT2D eigenvalue weighted by Crippen LogP contribution is -2.42. The number of methoxy groups -OCH3 is 1. The van der Waals surface area contributed by atoms with Crippen molar-refractivity contribution in [3.05, 3.63) is 48.5 Å². The van der Waals surface area contributed by atoms with E-state index in [9.17, 15) is 21.9 Å². The predicted octanol–water partition coefficient (Wildman–Crippen LogP) is 6.63. The second-order valence-corrected chi connectivity index (χ2v) is 22.5. The maximum absolute atomic E-state index is 12.6. The Morgan fingerprint density at radius 3 is 1.56 bits per heavy atom. The number of rotatable bonds is 7. The highest BCUT2D eigenvalue weighted by molar-refractivity contribution is 9.69. The Balaban J connectivity index is 0.000000441. The molecule has 0 spiro atoms. The van der Waals surface area contributed by atoms with Crippen LogP contribution in [0.5, 0.6) is 11.5 Å². The second kappa shape index (κ2) is 22.3. The lowest BCUT2D eigenvalue weighted by molar-refractivity contribution is 0.379. The molecule has 0 amide bonds. The van der Waals surface area contributed by atoms with Gasteiger partial charge in [-0.3, -0.25) is 9.98 Å². The van der Waals surface area contributed by atoms with Crippen molar-refractivity contribution in [2.24, 2.45) is 31.0 Å². The van der Waals surface area contributed by atoms with E-state index in [-0.39, 0.29) is 46.8 Å². The number of nitrogens with one attached hydrogen (secondary N) is 2. The standard InChI is InChI=1S/C15H22N4O3S.C14H20N4O3S.CH2Cl2.BBr3/c1-5-16-14(19-11-15(2,3)10-17-19)18-23(20,21)13-8-6-7-12(9-13)22-4;1-4-15-13(18-10-14(2,3)9-16-18)17-22(20,21)12-7-5-6-11(19)8-12;2-1-3;2-1(3)4/h6-10H,5,11H2,1-4H3,(H,16,18);5-9,19H,4,10H2,1-3H3,(H,15,17);1H2;. The molecule has 4 rings (SSSR count). The number of sulfonamides is 2. The quantitative estimate of drug-likeness (QED) is 0.120. The molecular weight excluding hydrogens is 954 g/mol. The minimum absolute atomic E-state index is 0.0289. The molecule has 0 saturated carbocycles. The molecule has 0 atom stereocenters. The molecule has 0 bridgehead atoms. The van der Waals surface area contributed by atoms with Gasteiger partial charge in [0.1, 0.15) is 11.5 Å². The Bertz CT molecular complexity index is 1780. The van der Waals surface area contributed by atoms with E-state index in [1.54, 1.807) is 29.6 Å². The van der Waals surface area contributed by atoms with Crippen LogP contribution in [0.4, 0.5) is 0 Å². The van der Waals surface area contributed by atoms with Crippen LogP contribution in [0.2, 0.25) is 0 Å².